The summed E-state index contributed by atoms with van der Waals surface area (Å²) in [7, 11) is 1.58. The van der Waals surface area contributed by atoms with Crippen molar-refractivity contribution in [2.24, 2.45) is 0 Å². The van der Waals surface area contributed by atoms with Crippen molar-refractivity contribution in [1.82, 2.24) is 0 Å². The van der Waals surface area contributed by atoms with Crippen LogP contribution in [-0.4, -0.2) is 7.11 Å². The van der Waals surface area contributed by atoms with Gasteiger partial charge in [-0.3, -0.25) is 0 Å². The number of methoxy groups -OCH3 is 1. The third-order valence-corrected chi connectivity index (χ3v) is 3.31. The average Bonchev–Trinajstić information content (AvgIpc) is 2.47. The van der Waals surface area contributed by atoms with Gasteiger partial charge in [-0.05, 0) is 30.7 Å². The monoisotopic (exact) mass is 266 g/mol. The lowest BCUT2D eigenvalue weighted by Gasteiger charge is -2.04. The number of hydrogen-bond donors (Lipinski definition) is 0. The molecule has 1 aromatic heterocycles. The van der Waals surface area contributed by atoms with Crippen LogP contribution in [0.3, 0.4) is 0 Å². The molecule has 2 aromatic carbocycles. The molecule has 3 heteroatoms. The smallest absolute Gasteiger partial charge is 0.344 e. The Morgan fingerprint density at radius 1 is 1.00 bits per heavy atom. The number of ether oxygens (including phenoxy) is 1. The van der Waals surface area contributed by atoms with Gasteiger partial charge in [-0.25, -0.2) is 4.79 Å². The van der Waals surface area contributed by atoms with Gasteiger partial charge < -0.3 is 9.15 Å². The third kappa shape index (κ3) is 2.18. The van der Waals surface area contributed by atoms with E-state index in [4.69, 9.17) is 9.15 Å². The van der Waals surface area contributed by atoms with Gasteiger partial charge in [0.1, 0.15) is 11.3 Å². The molecule has 0 aliphatic rings. The summed E-state index contributed by atoms with van der Waals surface area (Å²) in [4.78, 5) is 12.1. The van der Waals surface area contributed by atoms with Crippen molar-refractivity contribution in [1.29, 1.82) is 0 Å². The Kier molecular flexibility index (Phi) is 3.03. The molecule has 0 aliphatic heterocycles. The van der Waals surface area contributed by atoms with E-state index in [0.717, 1.165) is 16.5 Å². The minimum atomic E-state index is -0.338. The molecule has 1 heterocycles. The molecule has 0 bridgehead atoms. The minimum Gasteiger partial charge on any atom is -0.497 e. The van der Waals surface area contributed by atoms with Crippen molar-refractivity contribution in [3.8, 4) is 16.9 Å². The summed E-state index contributed by atoms with van der Waals surface area (Å²) in [6, 6.07) is 15.1. The number of hydrogen-bond acceptors (Lipinski definition) is 3. The van der Waals surface area contributed by atoms with E-state index in [1.54, 1.807) is 13.2 Å². The van der Waals surface area contributed by atoms with Crippen LogP contribution in [0.25, 0.3) is 22.1 Å². The Morgan fingerprint density at radius 2 is 1.75 bits per heavy atom. The molecule has 20 heavy (non-hydrogen) atoms. The average molecular weight is 266 g/mol. The highest BCUT2D eigenvalue weighted by Crippen LogP contribution is 2.24. The first-order valence-electron chi connectivity index (χ1n) is 6.36. The minimum absolute atomic E-state index is 0.338. The van der Waals surface area contributed by atoms with Crippen LogP contribution in [0.2, 0.25) is 0 Å². The first kappa shape index (κ1) is 12.5. The first-order chi connectivity index (χ1) is 9.67. The molecular weight excluding hydrogens is 252 g/mol. The molecule has 3 aromatic rings. The van der Waals surface area contributed by atoms with Gasteiger partial charge in [0, 0.05) is 11.5 Å². The molecule has 0 unspecified atom stereocenters. The van der Waals surface area contributed by atoms with Crippen LogP contribution in [-0.2, 0) is 0 Å². The summed E-state index contributed by atoms with van der Waals surface area (Å²) < 4.78 is 10.5. The van der Waals surface area contributed by atoms with Gasteiger partial charge in [-0.1, -0.05) is 29.8 Å². The number of aryl methyl sites for hydroxylation is 1. The fraction of sp³-hybridized carbons (Fsp3) is 0.118. The predicted molar refractivity (Wildman–Crippen MR) is 79.2 cm³/mol. The summed E-state index contributed by atoms with van der Waals surface area (Å²) in [6.07, 6.45) is 0. The zero-order chi connectivity index (χ0) is 14.1. The van der Waals surface area contributed by atoms with Crippen molar-refractivity contribution in [3.63, 3.8) is 0 Å². The summed E-state index contributed by atoms with van der Waals surface area (Å²) >= 11 is 0. The summed E-state index contributed by atoms with van der Waals surface area (Å²) in [6.45, 7) is 2.01. The second-order valence-corrected chi connectivity index (χ2v) is 4.72. The normalized spacial score (nSPS) is 10.7. The quantitative estimate of drug-likeness (QED) is 0.663. The topological polar surface area (TPSA) is 39.4 Å². The van der Waals surface area contributed by atoms with Crippen LogP contribution in [0.15, 0.2) is 57.7 Å². The van der Waals surface area contributed by atoms with Crippen molar-refractivity contribution in [2.45, 2.75) is 6.92 Å². The summed E-state index contributed by atoms with van der Waals surface area (Å²) in [5.41, 5.74) is 2.79. The SMILES string of the molecule is COc1ccc2cc(-c3ccc(C)cc3)c(=O)oc2c1. The summed E-state index contributed by atoms with van der Waals surface area (Å²) in [5.74, 6) is 0.670. The van der Waals surface area contributed by atoms with E-state index < -0.39 is 0 Å². The van der Waals surface area contributed by atoms with E-state index in [1.165, 1.54) is 0 Å². The summed E-state index contributed by atoms with van der Waals surface area (Å²) in [5, 5.41) is 0.876. The van der Waals surface area contributed by atoms with Crippen LogP contribution >= 0.6 is 0 Å². The van der Waals surface area contributed by atoms with Gasteiger partial charge in [0.15, 0.2) is 0 Å². The van der Waals surface area contributed by atoms with Crippen molar-refractivity contribution >= 4 is 11.0 Å². The van der Waals surface area contributed by atoms with Crippen LogP contribution in [0.1, 0.15) is 5.56 Å². The lowest BCUT2D eigenvalue weighted by molar-refractivity contribution is 0.414. The molecule has 0 spiro atoms. The van der Waals surface area contributed by atoms with Crippen LogP contribution in [0.5, 0.6) is 5.75 Å². The fourth-order valence-corrected chi connectivity index (χ4v) is 2.15. The number of rotatable bonds is 2. The molecule has 0 saturated heterocycles. The predicted octanol–water partition coefficient (Wildman–Crippen LogP) is 3.78. The Morgan fingerprint density at radius 3 is 2.45 bits per heavy atom. The molecule has 0 amide bonds. The maximum atomic E-state index is 12.1. The largest absolute Gasteiger partial charge is 0.497 e. The van der Waals surface area contributed by atoms with Gasteiger partial charge in [-0.2, -0.15) is 0 Å². The van der Waals surface area contributed by atoms with Crippen LogP contribution in [0.4, 0.5) is 0 Å². The highest BCUT2D eigenvalue weighted by Gasteiger charge is 2.08. The molecule has 100 valence electrons. The van der Waals surface area contributed by atoms with Crippen molar-refractivity contribution in [2.75, 3.05) is 7.11 Å². The molecule has 0 fully saturated rings. The second kappa shape index (κ2) is 4.85. The molecule has 0 radical (unpaired) electrons. The highest BCUT2D eigenvalue weighted by molar-refractivity contribution is 5.82. The van der Waals surface area contributed by atoms with Crippen molar-refractivity contribution < 1.29 is 9.15 Å². The number of benzene rings is 2. The number of fused-ring (bicyclic) bond motifs is 1. The van der Waals surface area contributed by atoms with Gasteiger partial charge >= 0.3 is 5.63 Å². The Hall–Kier alpha value is -2.55. The maximum absolute atomic E-state index is 12.1. The Bertz CT molecular complexity index is 814. The maximum Gasteiger partial charge on any atom is 0.344 e. The standard InChI is InChI=1S/C17H14O3/c1-11-3-5-12(6-4-11)15-9-13-7-8-14(19-2)10-16(13)20-17(15)18/h3-10H,1-2H3. The van der Waals surface area contributed by atoms with E-state index in [2.05, 4.69) is 0 Å². The fourth-order valence-electron chi connectivity index (χ4n) is 2.15. The Balaban J connectivity index is 2.20. The molecule has 3 rings (SSSR count). The van der Waals surface area contributed by atoms with Gasteiger partial charge in [0.25, 0.3) is 0 Å². The van der Waals surface area contributed by atoms with Gasteiger partial charge in [0.2, 0.25) is 0 Å². The van der Waals surface area contributed by atoms with Crippen LogP contribution in [0, 0.1) is 6.92 Å². The zero-order valence-corrected chi connectivity index (χ0v) is 11.3. The van der Waals surface area contributed by atoms with E-state index in [9.17, 15) is 4.79 Å². The third-order valence-electron chi connectivity index (χ3n) is 3.31. The van der Waals surface area contributed by atoms with E-state index in [-0.39, 0.29) is 5.63 Å². The van der Waals surface area contributed by atoms with Crippen molar-refractivity contribution in [3.05, 3.63) is 64.5 Å². The lowest BCUT2D eigenvalue weighted by Crippen LogP contribution is -2.02. The molecular formula is C17H14O3. The van der Waals surface area contributed by atoms with Crippen LogP contribution < -0.4 is 10.4 Å². The zero-order valence-electron chi connectivity index (χ0n) is 11.3. The Labute approximate surface area is 116 Å². The van der Waals surface area contributed by atoms with E-state index in [0.29, 0.717) is 16.9 Å². The molecule has 3 nitrogen and oxygen atoms in total. The lowest BCUT2D eigenvalue weighted by atomic mass is 10.0. The molecule has 0 N–H and O–H groups in total. The highest BCUT2D eigenvalue weighted by atomic mass is 16.5. The van der Waals surface area contributed by atoms with E-state index in [1.807, 2.05) is 49.4 Å². The molecule has 0 saturated carbocycles. The molecule has 0 atom stereocenters. The molecule has 0 aliphatic carbocycles. The van der Waals surface area contributed by atoms with Gasteiger partial charge in [-0.15, -0.1) is 0 Å². The second-order valence-electron chi connectivity index (χ2n) is 4.72. The first-order valence-corrected chi connectivity index (χ1v) is 6.36. The van der Waals surface area contributed by atoms with Gasteiger partial charge in [0.05, 0.1) is 12.7 Å². The van der Waals surface area contributed by atoms with E-state index >= 15 is 0 Å².